The minimum Gasteiger partial charge on any atom is -0.463 e. The number of carbonyl (C=O) groups is 2. The topological polar surface area (TPSA) is 52.6 Å². The molecule has 0 spiro atoms. The van der Waals surface area contributed by atoms with E-state index >= 15 is 0 Å². The lowest BCUT2D eigenvalue weighted by molar-refractivity contribution is -0.137. The fraction of sp³-hybridized carbons (Fsp3) is 0.167. The Hall–Kier alpha value is -1.37. The summed E-state index contributed by atoms with van der Waals surface area (Å²) in [5.74, 6) is -1.04. The number of carbonyl (C=O) groups excluding carboxylic acids is 2. The molecular formula is C12H11IO4. The summed E-state index contributed by atoms with van der Waals surface area (Å²) in [5, 5.41) is 0. The molecule has 0 saturated carbocycles. The molecule has 0 N–H and O–H groups in total. The van der Waals surface area contributed by atoms with Crippen LogP contribution in [0.1, 0.15) is 17.3 Å². The molecule has 1 aromatic rings. The van der Waals surface area contributed by atoms with Gasteiger partial charge in [0.15, 0.2) is 0 Å². The van der Waals surface area contributed by atoms with Gasteiger partial charge in [0.25, 0.3) is 0 Å². The quantitative estimate of drug-likeness (QED) is 0.364. The molecule has 1 aromatic carbocycles. The highest BCUT2D eigenvalue weighted by Crippen LogP contribution is 2.12. The van der Waals surface area contributed by atoms with E-state index in [-0.39, 0.29) is 6.61 Å². The molecule has 0 saturated heterocycles. The molecule has 0 bridgehead atoms. The van der Waals surface area contributed by atoms with Crippen molar-refractivity contribution in [2.24, 2.45) is 0 Å². The van der Waals surface area contributed by atoms with E-state index in [1.807, 2.05) is 28.7 Å². The molecule has 0 aliphatic heterocycles. The second kappa shape index (κ2) is 7.05. The van der Waals surface area contributed by atoms with Crippen molar-refractivity contribution in [2.45, 2.75) is 6.92 Å². The number of ether oxygens (including phenoxy) is 2. The maximum absolute atomic E-state index is 11.6. The third-order valence-electron chi connectivity index (χ3n) is 1.76. The van der Waals surface area contributed by atoms with Crippen molar-refractivity contribution in [1.29, 1.82) is 0 Å². The zero-order chi connectivity index (χ0) is 12.7. The lowest BCUT2D eigenvalue weighted by Crippen LogP contribution is -2.04. The summed E-state index contributed by atoms with van der Waals surface area (Å²) >= 11 is 2.04. The van der Waals surface area contributed by atoms with Gasteiger partial charge in [0, 0.05) is 3.57 Å². The number of esters is 2. The van der Waals surface area contributed by atoms with Crippen molar-refractivity contribution >= 4 is 34.5 Å². The summed E-state index contributed by atoms with van der Waals surface area (Å²) in [6.07, 6.45) is 2.10. The number of halogens is 1. The molecule has 1 rings (SSSR count). The molecule has 0 aromatic heterocycles. The number of hydrogen-bond acceptors (Lipinski definition) is 4. The van der Waals surface area contributed by atoms with Crippen molar-refractivity contribution in [3.05, 3.63) is 45.7 Å². The molecule has 90 valence electrons. The van der Waals surface area contributed by atoms with E-state index in [0.717, 1.165) is 15.9 Å². The molecule has 0 aliphatic rings. The van der Waals surface area contributed by atoms with Gasteiger partial charge in [0.2, 0.25) is 0 Å². The summed E-state index contributed by atoms with van der Waals surface area (Å²) in [7, 11) is 0. The molecule has 0 unspecified atom stereocenters. The standard InChI is InChI=1S/C12H11IO4/c1-2-16-11(14)7-8-17-12(15)9-5-3-4-6-10(9)13/h3-8H,2H2,1H3/b8-7+. The van der Waals surface area contributed by atoms with Crippen LogP contribution >= 0.6 is 22.6 Å². The van der Waals surface area contributed by atoms with Crippen LogP contribution < -0.4 is 0 Å². The first kappa shape index (κ1) is 13.7. The second-order valence-corrected chi connectivity index (χ2v) is 4.10. The highest BCUT2D eigenvalue weighted by Gasteiger charge is 2.09. The normalized spacial score (nSPS) is 10.2. The van der Waals surface area contributed by atoms with Crippen molar-refractivity contribution in [3.63, 3.8) is 0 Å². The fourth-order valence-corrected chi connectivity index (χ4v) is 1.64. The smallest absolute Gasteiger partial charge is 0.344 e. The molecule has 0 atom stereocenters. The highest BCUT2D eigenvalue weighted by molar-refractivity contribution is 14.1. The SMILES string of the molecule is CCOC(=O)/C=C/OC(=O)c1ccccc1I. The highest BCUT2D eigenvalue weighted by atomic mass is 127. The summed E-state index contributed by atoms with van der Waals surface area (Å²) < 4.78 is 10.2. The van der Waals surface area contributed by atoms with Crippen LogP contribution in [0.2, 0.25) is 0 Å². The average Bonchev–Trinajstić information content (AvgIpc) is 2.29. The van der Waals surface area contributed by atoms with E-state index < -0.39 is 11.9 Å². The minimum absolute atomic E-state index is 0.285. The predicted octanol–water partition coefficient (Wildman–Crippen LogP) is 2.52. The van der Waals surface area contributed by atoms with Crippen molar-refractivity contribution < 1.29 is 19.1 Å². The summed E-state index contributed by atoms with van der Waals surface area (Å²) in [6.45, 7) is 1.98. The first-order valence-electron chi connectivity index (χ1n) is 4.94. The Morgan fingerprint density at radius 1 is 1.35 bits per heavy atom. The van der Waals surface area contributed by atoms with Gasteiger partial charge < -0.3 is 9.47 Å². The second-order valence-electron chi connectivity index (χ2n) is 2.94. The van der Waals surface area contributed by atoms with Gasteiger partial charge in [-0.15, -0.1) is 0 Å². The Morgan fingerprint density at radius 2 is 2.06 bits per heavy atom. The molecule has 0 fully saturated rings. The van der Waals surface area contributed by atoms with Crippen LogP contribution in [-0.4, -0.2) is 18.5 Å². The van der Waals surface area contributed by atoms with Gasteiger partial charge in [0.1, 0.15) is 6.26 Å². The van der Waals surface area contributed by atoms with E-state index in [2.05, 4.69) is 4.74 Å². The molecule has 5 heteroatoms. The molecule has 17 heavy (non-hydrogen) atoms. The van der Waals surface area contributed by atoms with Gasteiger partial charge >= 0.3 is 11.9 Å². The molecule has 0 amide bonds. The van der Waals surface area contributed by atoms with Crippen LogP contribution in [-0.2, 0) is 14.3 Å². The van der Waals surface area contributed by atoms with Crippen LogP contribution in [0.25, 0.3) is 0 Å². The Labute approximate surface area is 113 Å². The number of benzene rings is 1. The third kappa shape index (κ3) is 4.56. The summed E-state index contributed by atoms with van der Waals surface area (Å²) in [5.41, 5.74) is 0.460. The van der Waals surface area contributed by atoms with E-state index in [0.29, 0.717) is 5.56 Å². The van der Waals surface area contributed by atoms with E-state index in [1.165, 1.54) is 0 Å². The molecular weight excluding hydrogens is 335 g/mol. The third-order valence-corrected chi connectivity index (χ3v) is 2.70. The maximum Gasteiger partial charge on any atom is 0.344 e. The molecule has 0 radical (unpaired) electrons. The molecule has 0 aliphatic carbocycles. The fourth-order valence-electron chi connectivity index (χ4n) is 1.03. The van der Waals surface area contributed by atoms with Gasteiger partial charge in [-0.2, -0.15) is 0 Å². The van der Waals surface area contributed by atoms with E-state index in [1.54, 1.807) is 25.1 Å². The van der Waals surface area contributed by atoms with Crippen molar-refractivity contribution in [3.8, 4) is 0 Å². The van der Waals surface area contributed by atoms with Crippen molar-refractivity contribution in [2.75, 3.05) is 6.61 Å². The predicted molar refractivity (Wildman–Crippen MR) is 70.3 cm³/mol. The monoisotopic (exact) mass is 346 g/mol. The Bertz CT molecular complexity index is 440. The maximum atomic E-state index is 11.6. The van der Waals surface area contributed by atoms with Crippen molar-refractivity contribution in [1.82, 2.24) is 0 Å². The van der Waals surface area contributed by atoms with Gasteiger partial charge in [-0.05, 0) is 41.6 Å². The van der Waals surface area contributed by atoms with Crippen LogP contribution in [0.5, 0.6) is 0 Å². The zero-order valence-electron chi connectivity index (χ0n) is 9.18. The average molecular weight is 346 g/mol. The van der Waals surface area contributed by atoms with Gasteiger partial charge in [-0.1, -0.05) is 12.1 Å². The Morgan fingerprint density at radius 3 is 2.71 bits per heavy atom. The van der Waals surface area contributed by atoms with Crippen LogP contribution in [0.15, 0.2) is 36.6 Å². The zero-order valence-corrected chi connectivity index (χ0v) is 11.3. The van der Waals surface area contributed by atoms with E-state index in [4.69, 9.17) is 4.74 Å². The summed E-state index contributed by atoms with van der Waals surface area (Å²) in [6, 6.07) is 7.02. The van der Waals surface area contributed by atoms with E-state index in [9.17, 15) is 9.59 Å². The number of hydrogen-bond donors (Lipinski definition) is 0. The van der Waals surface area contributed by atoms with Crippen LogP contribution in [0.3, 0.4) is 0 Å². The molecule has 0 heterocycles. The first-order valence-corrected chi connectivity index (χ1v) is 6.02. The lowest BCUT2D eigenvalue weighted by atomic mass is 10.2. The lowest BCUT2D eigenvalue weighted by Gasteiger charge is -2.01. The van der Waals surface area contributed by atoms with Crippen LogP contribution in [0, 0.1) is 3.57 Å². The molecule has 4 nitrogen and oxygen atoms in total. The van der Waals surface area contributed by atoms with Gasteiger partial charge in [0.05, 0.1) is 18.2 Å². The van der Waals surface area contributed by atoms with Gasteiger partial charge in [-0.25, -0.2) is 9.59 Å². The van der Waals surface area contributed by atoms with Crippen LogP contribution in [0.4, 0.5) is 0 Å². The van der Waals surface area contributed by atoms with Gasteiger partial charge in [-0.3, -0.25) is 0 Å². The Balaban J connectivity index is 2.56. The summed E-state index contributed by atoms with van der Waals surface area (Å²) in [4.78, 5) is 22.5. The first-order chi connectivity index (χ1) is 8.15. The number of rotatable bonds is 4. The largest absolute Gasteiger partial charge is 0.463 e. The Kier molecular flexibility index (Phi) is 5.68. The minimum atomic E-state index is -0.539.